The summed E-state index contributed by atoms with van der Waals surface area (Å²) in [6.07, 6.45) is 0.864. The van der Waals surface area contributed by atoms with Gasteiger partial charge in [-0.1, -0.05) is 54.6 Å². The summed E-state index contributed by atoms with van der Waals surface area (Å²) in [6.45, 7) is 0. The molecule has 0 N–H and O–H groups in total. The molecule has 0 aliphatic rings. The predicted molar refractivity (Wildman–Crippen MR) is 101 cm³/mol. The van der Waals surface area contributed by atoms with Crippen LogP contribution in [0.1, 0.15) is 11.1 Å². The van der Waals surface area contributed by atoms with Gasteiger partial charge in [0.1, 0.15) is 10.8 Å². The number of ether oxygens (including phenoxy) is 1. The highest BCUT2D eigenvalue weighted by Crippen LogP contribution is 2.38. The summed E-state index contributed by atoms with van der Waals surface area (Å²) in [6, 6.07) is 25.0. The molecule has 0 bridgehead atoms. The lowest BCUT2D eigenvalue weighted by molar-refractivity contribution is 0.416. The third-order valence-corrected chi connectivity index (χ3v) is 5.13. The van der Waals surface area contributed by atoms with E-state index in [1.807, 2.05) is 24.3 Å². The Morgan fingerprint density at radius 3 is 2.46 bits per heavy atom. The van der Waals surface area contributed by atoms with E-state index in [-0.39, 0.29) is 0 Å². The number of nitrogens with zero attached hydrogens (tertiary/aromatic N) is 1. The Morgan fingerprint density at radius 2 is 1.67 bits per heavy atom. The molecule has 3 heteroatoms. The second kappa shape index (κ2) is 6.46. The van der Waals surface area contributed by atoms with Gasteiger partial charge >= 0.3 is 0 Å². The van der Waals surface area contributed by atoms with Crippen molar-refractivity contribution in [2.75, 3.05) is 7.11 Å². The van der Waals surface area contributed by atoms with Gasteiger partial charge in [-0.25, -0.2) is 4.98 Å². The maximum atomic E-state index is 5.64. The molecule has 1 heterocycles. The van der Waals surface area contributed by atoms with E-state index >= 15 is 0 Å². The van der Waals surface area contributed by atoms with Crippen molar-refractivity contribution < 1.29 is 4.74 Å². The Hall–Kier alpha value is -2.65. The van der Waals surface area contributed by atoms with Crippen molar-refractivity contribution in [3.8, 4) is 16.3 Å². The third kappa shape index (κ3) is 2.79. The minimum absolute atomic E-state index is 0.864. The Balaban J connectivity index is 1.86. The van der Waals surface area contributed by atoms with Gasteiger partial charge in [-0.15, -0.1) is 11.3 Å². The van der Waals surface area contributed by atoms with Crippen molar-refractivity contribution in [1.82, 2.24) is 4.98 Å². The lowest BCUT2D eigenvalue weighted by Gasteiger charge is -2.12. The van der Waals surface area contributed by atoms with Crippen LogP contribution in [0.15, 0.2) is 72.8 Å². The van der Waals surface area contributed by atoms with Crippen LogP contribution in [-0.4, -0.2) is 12.1 Å². The maximum Gasteiger partial charge on any atom is 0.129 e. The molecule has 0 aliphatic carbocycles. The lowest BCUT2D eigenvalue weighted by Crippen LogP contribution is -1.95. The molecule has 3 aromatic carbocycles. The molecule has 1 aromatic heterocycles. The molecule has 0 fully saturated rings. The summed E-state index contributed by atoms with van der Waals surface area (Å²) < 4.78 is 6.84. The zero-order valence-corrected chi connectivity index (χ0v) is 14.2. The first-order valence-corrected chi connectivity index (χ1v) is 8.72. The van der Waals surface area contributed by atoms with Crippen molar-refractivity contribution in [2.45, 2.75) is 6.42 Å². The summed E-state index contributed by atoms with van der Waals surface area (Å²) >= 11 is 1.71. The molecule has 2 nitrogen and oxygen atoms in total. The maximum absolute atomic E-state index is 5.64. The molecule has 24 heavy (non-hydrogen) atoms. The highest BCUT2D eigenvalue weighted by atomic mass is 32.1. The Morgan fingerprint density at radius 1 is 0.875 bits per heavy atom. The number of benzene rings is 3. The number of thiazole rings is 1. The Labute approximate surface area is 145 Å². The smallest absolute Gasteiger partial charge is 0.129 e. The van der Waals surface area contributed by atoms with E-state index < -0.39 is 0 Å². The van der Waals surface area contributed by atoms with E-state index in [1.165, 1.54) is 15.8 Å². The Bertz CT molecular complexity index is 942. The van der Waals surface area contributed by atoms with Gasteiger partial charge in [0, 0.05) is 0 Å². The van der Waals surface area contributed by atoms with E-state index in [9.17, 15) is 0 Å². The van der Waals surface area contributed by atoms with E-state index in [1.54, 1.807) is 18.4 Å². The number of rotatable bonds is 4. The van der Waals surface area contributed by atoms with Crippen LogP contribution in [0.4, 0.5) is 0 Å². The van der Waals surface area contributed by atoms with Crippen LogP contribution in [0.2, 0.25) is 0 Å². The highest BCUT2D eigenvalue weighted by Gasteiger charge is 2.16. The van der Waals surface area contributed by atoms with E-state index in [0.29, 0.717) is 0 Å². The van der Waals surface area contributed by atoms with Crippen LogP contribution in [0.5, 0.6) is 5.75 Å². The molecule has 0 saturated heterocycles. The van der Waals surface area contributed by atoms with Crippen molar-refractivity contribution in [1.29, 1.82) is 0 Å². The molecular formula is C21H17NOS. The molecular weight excluding hydrogens is 314 g/mol. The minimum Gasteiger partial charge on any atom is -0.496 e. The molecule has 0 aliphatic heterocycles. The molecule has 4 aromatic rings. The van der Waals surface area contributed by atoms with Crippen molar-refractivity contribution >= 4 is 21.6 Å². The fraction of sp³-hybridized carbons (Fsp3) is 0.0952. The van der Waals surface area contributed by atoms with E-state index in [0.717, 1.165) is 28.3 Å². The monoisotopic (exact) mass is 331 g/mol. The van der Waals surface area contributed by atoms with Gasteiger partial charge in [0.2, 0.25) is 0 Å². The van der Waals surface area contributed by atoms with Crippen molar-refractivity contribution in [3.63, 3.8) is 0 Å². The first-order chi connectivity index (χ1) is 11.8. The number of hydrogen-bond donors (Lipinski definition) is 0. The predicted octanol–water partition coefficient (Wildman–Crippen LogP) is 5.56. The molecule has 0 amide bonds. The largest absolute Gasteiger partial charge is 0.496 e. The average Bonchev–Trinajstić information content (AvgIpc) is 3.06. The van der Waals surface area contributed by atoms with Gasteiger partial charge < -0.3 is 4.74 Å². The second-order valence-corrected chi connectivity index (χ2v) is 6.67. The average molecular weight is 331 g/mol. The molecule has 0 saturated carbocycles. The Kier molecular flexibility index (Phi) is 4.01. The highest BCUT2D eigenvalue weighted by molar-refractivity contribution is 7.21. The van der Waals surface area contributed by atoms with Crippen LogP contribution in [0, 0.1) is 0 Å². The summed E-state index contributed by atoms with van der Waals surface area (Å²) in [7, 11) is 1.72. The van der Waals surface area contributed by atoms with Crippen LogP contribution >= 0.6 is 11.3 Å². The first-order valence-electron chi connectivity index (χ1n) is 7.91. The fourth-order valence-electron chi connectivity index (χ4n) is 2.93. The van der Waals surface area contributed by atoms with Crippen LogP contribution < -0.4 is 4.74 Å². The van der Waals surface area contributed by atoms with Crippen molar-refractivity contribution in [3.05, 3.63) is 83.9 Å². The zero-order chi connectivity index (χ0) is 16.4. The minimum atomic E-state index is 0.864. The van der Waals surface area contributed by atoms with Crippen molar-refractivity contribution in [2.24, 2.45) is 0 Å². The summed E-state index contributed by atoms with van der Waals surface area (Å²) in [5, 5.41) is 1.01. The number of aromatic nitrogens is 1. The third-order valence-electron chi connectivity index (χ3n) is 4.08. The molecule has 118 valence electrons. The van der Waals surface area contributed by atoms with Gasteiger partial charge in [0.25, 0.3) is 0 Å². The summed E-state index contributed by atoms with van der Waals surface area (Å²) in [5.41, 5.74) is 4.66. The molecule has 0 spiro atoms. The normalized spacial score (nSPS) is 10.9. The van der Waals surface area contributed by atoms with E-state index in [2.05, 4.69) is 48.5 Å². The molecule has 0 radical (unpaired) electrons. The fourth-order valence-corrected chi connectivity index (χ4v) is 3.98. The van der Waals surface area contributed by atoms with Gasteiger partial charge in [-0.05, 0) is 35.7 Å². The summed E-state index contributed by atoms with van der Waals surface area (Å²) in [5.74, 6) is 0.877. The SMILES string of the molecule is COc1cccc(Cc2ccccc2)c1-c1nc2ccccc2s1. The summed E-state index contributed by atoms with van der Waals surface area (Å²) in [4.78, 5) is 4.83. The number of para-hydroxylation sites is 1. The van der Waals surface area contributed by atoms with Crippen LogP contribution in [-0.2, 0) is 6.42 Å². The molecule has 0 atom stereocenters. The second-order valence-electron chi connectivity index (χ2n) is 5.64. The quantitative estimate of drug-likeness (QED) is 0.488. The number of fused-ring (bicyclic) bond motifs is 1. The molecule has 4 rings (SSSR count). The van der Waals surface area contributed by atoms with Gasteiger partial charge in [0.05, 0.1) is 22.9 Å². The van der Waals surface area contributed by atoms with Crippen LogP contribution in [0.3, 0.4) is 0 Å². The first kappa shape index (κ1) is 14.9. The van der Waals surface area contributed by atoms with Crippen LogP contribution in [0.25, 0.3) is 20.8 Å². The standard InChI is InChI=1S/C21H17NOS/c1-23-18-12-7-10-16(14-15-8-3-2-4-9-15)20(18)21-22-17-11-5-6-13-19(17)24-21/h2-13H,14H2,1H3. The number of hydrogen-bond acceptors (Lipinski definition) is 3. The van der Waals surface area contributed by atoms with Gasteiger partial charge in [-0.2, -0.15) is 0 Å². The van der Waals surface area contributed by atoms with Gasteiger partial charge in [0.15, 0.2) is 0 Å². The zero-order valence-electron chi connectivity index (χ0n) is 13.4. The molecule has 0 unspecified atom stereocenters. The van der Waals surface area contributed by atoms with Gasteiger partial charge in [-0.3, -0.25) is 0 Å². The lowest BCUT2D eigenvalue weighted by atomic mass is 9.99. The van der Waals surface area contributed by atoms with E-state index in [4.69, 9.17) is 9.72 Å². The number of methoxy groups -OCH3 is 1. The topological polar surface area (TPSA) is 22.1 Å².